The molecular formula is C45H87N2O7P. The number of amides is 1. The molecule has 0 aliphatic rings. The van der Waals surface area contributed by atoms with Crippen molar-refractivity contribution in [3.05, 3.63) is 36.5 Å². The maximum absolute atomic E-state index is 12.9. The number of nitrogens with zero attached hydrogens (tertiary/aromatic N) is 1. The molecule has 0 fully saturated rings. The third kappa shape index (κ3) is 38.0. The molecule has 0 bridgehead atoms. The summed E-state index contributed by atoms with van der Waals surface area (Å²) in [4.78, 5) is 25.3. The third-order valence-corrected chi connectivity index (χ3v) is 10.9. The van der Waals surface area contributed by atoms with E-state index in [0.29, 0.717) is 30.3 Å². The summed E-state index contributed by atoms with van der Waals surface area (Å²) >= 11 is 0. The molecule has 4 atom stereocenters. The minimum atomic E-state index is -4.67. The van der Waals surface area contributed by atoms with Crippen LogP contribution in [0.4, 0.5) is 0 Å². The van der Waals surface area contributed by atoms with E-state index in [4.69, 9.17) is 9.05 Å². The van der Waals surface area contributed by atoms with Crippen molar-refractivity contribution < 1.29 is 38.0 Å². The average molecular weight is 799 g/mol. The topological polar surface area (TPSA) is 128 Å². The van der Waals surface area contributed by atoms with E-state index in [-0.39, 0.29) is 18.9 Å². The number of nitrogens with one attached hydrogen (secondary N) is 1. The van der Waals surface area contributed by atoms with Crippen LogP contribution in [0.5, 0.6) is 0 Å². The largest absolute Gasteiger partial charge is 0.756 e. The van der Waals surface area contributed by atoms with Gasteiger partial charge in [-0.05, 0) is 70.6 Å². The van der Waals surface area contributed by atoms with E-state index < -0.39 is 32.7 Å². The van der Waals surface area contributed by atoms with Crippen molar-refractivity contribution in [2.45, 2.75) is 205 Å². The highest BCUT2D eigenvalue weighted by Gasteiger charge is 2.29. The summed E-state index contributed by atoms with van der Waals surface area (Å²) in [6, 6.07) is -1.09. The van der Waals surface area contributed by atoms with Crippen molar-refractivity contribution in [3.63, 3.8) is 0 Å². The number of phosphoric acid groups is 1. The Labute approximate surface area is 339 Å². The Morgan fingerprint density at radius 2 is 1.09 bits per heavy atom. The van der Waals surface area contributed by atoms with Crippen LogP contribution in [0.1, 0.15) is 187 Å². The van der Waals surface area contributed by atoms with E-state index in [1.807, 2.05) is 21.1 Å². The summed E-state index contributed by atoms with van der Waals surface area (Å²) in [5, 5.41) is 24.6. The van der Waals surface area contributed by atoms with Gasteiger partial charge in [0, 0.05) is 6.42 Å². The monoisotopic (exact) mass is 799 g/mol. The number of quaternary nitrogens is 1. The molecule has 4 unspecified atom stereocenters. The molecule has 0 saturated carbocycles. The first-order chi connectivity index (χ1) is 26.4. The smallest absolute Gasteiger partial charge is 0.268 e. The van der Waals surface area contributed by atoms with E-state index in [0.717, 1.165) is 44.9 Å². The van der Waals surface area contributed by atoms with Crippen molar-refractivity contribution >= 4 is 13.7 Å². The minimum absolute atomic E-state index is 0.0475. The van der Waals surface area contributed by atoms with E-state index in [9.17, 15) is 24.5 Å². The van der Waals surface area contributed by atoms with Crippen LogP contribution in [0.2, 0.25) is 0 Å². The lowest BCUT2D eigenvalue weighted by molar-refractivity contribution is -0.870. The molecule has 55 heavy (non-hydrogen) atoms. The van der Waals surface area contributed by atoms with Crippen molar-refractivity contribution in [3.8, 4) is 0 Å². The highest BCUT2D eigenvalue weighted by Crippen LogP contribution is 2.38. The molecule has 1 amide bonds. The summed E-state index contributed by atoms with van der Waals surface area (Å²) in [6.07, 6.45) is 40.4. The summed E-state index contributed by atoms with van der Waals surface area (Å²) in [7, 11) is 1.10. The fourth-order valence-electron chi connectivity index (χ4n) is 6.28. The summed E-state index contributed by atoms with van der Waals surface area (Å²) in [5.74, 6) is -0.295. The minimum Gasteiger partial charge on any atom is -0.756 e. The zero-order valence-corrected chi connectivity index (χ0v) is 37.1. The number of unbranched alkanes of at least 4 members (excludes halogenated alkanes) is 20. The Morgan fingerprint density at radius 1 is 0.655 bits per heavy atom. The molecule has 324 valence electrons. The first kappa shape index (κ1) is 53.7. The van der Waals surface area contributed by atoms with Gasteiger partial charge in [0.15, 0.2) is 0 Å². The molecule has 0 aromatic carbocycles. The van der Waals surface area contributed by atoms with Gasteiger partial charge in [-0.25, -0.2) is 0 Å². The normalized spacial score (nSPS) is 15.3. The maximum Gasteiger partial charge on any atom is 0.268 e. The van der Waals surface area contributed by atoms with Gasteiger partial charge in [0.2, 0.25) is 5.91 Å². The number of phosphoric ester groups is 1. The van der Waals surface area contributed by atoms with Gasteiger partial charge in [-0.15, -0.1) is 0 Å². The first-order valence-corrected chi connectivity index (χ1v) is 23.9. The highest BCUT2D eigenvalue weighted by molar-refractivity contribution is 7.45. The van der Waals surface area contributed by atoms with E-state index in [1.165, 1.54) is 103 Å². The second-order valence-electron chi connectivity index (χ2n) is 16.5. The summed E-state index contributed by atoms with van der Waals surface area (Å²) in [6.45, 7) is 4.37. The highest BCUT2D eigenvalue weighted by atomic mass is 31.2. The van der Waals surface area contributed by atoms with Crippen LogP contribution in [-0.4, -0.2) is 79.8 Å². The molecule has 0 spiro atoms. The lowest BCUT2D eigenvalue weighted by atomic mass is 10.0. The Hall–Kier alpha value is -1.32. The van der Waals surface area contributed by atoms with Crippen LogP contribution in [0, 0.1) is 0 Å². The Kier molecular flexibility index (Phi) is 36.1. The van der Waals surface area contributed by atoms with Crippen LogP contribution in [0.25, 0.3) is 0 Å². The number of likely N-dealkylation sites (N-methyl/N-ethyl adjacent to an activating group) is 1. The van der Waals surface area contributed by atoms with Crippen LogP contribution >= 0.6 is 7.82 Å². The van der Waals surface area contributed by atoms with Gasteiger partial charge in [-0.2, -0.15) is 0 Å². The Balaban J connectivity index is 4.50. The molecule has 0 rings (SSSR count). The number of aliphatic hydroxyl groups excluding tert-OH is 2. The van der Waals surface area contributed by atoms with Crippen molar-refractivity contribution in [2.75, 3.05) is 40.9 Å². The molecule has 0 aromatic heterocycles. The molecular weight excluding hydrogens is 711 g/mol. The van der Waals surface area contributed by atoms with E-state index in [2.05, 4.69) is 55.6 Å². The van der Waals surface area contributed by atoms with Crippen LogP contribution in [-0.2, 0) is 18.4 Å². The van der Waals surface area contributed by atoms with Gasteiger partial charge in [0.1, 0.15) is 19.3 Å². The van der Waals surface area contributed by atoms with E-state index in [1.54, 1.807) is 0 Å². The van der Waals surface area contributed by atoms with Gasteiger partial charge in [-0.1, -0.05) is 147 Å². The molecule has 10 heteroatoms. The molecule has 0 aliphatic heterocycles. The summed E-state index contributed by atoms with van der Waals surface area (Å²) in [5.41, 5.74) is 0. The number of hydrogen-bond donors (Lipinski definition) is 3. The number of hydrogen-bond acceptors (Lipinski definition) is 7. The fourth-order valence-corrected chi connectivity index (χ4v) is 7.01. The van der Waals surface area contributed by atoms with Crippen LogP contribution in [0.15, 0.2) is 36.5 Å². The van der Waals surface area contributed by atoms with Gasteiger partial charge >= 0.3 is 0 Å². The summed E-state index contributed by atoms with van der Waals surface area (Å²) < 4.78 is 23.1. The molecule has 0 aliphatic carbocycles. The second kappa shape index (κ2) is 37.0. The van der Waals surface area contributed by atoms with Crippen LogP contribution in [0.3, 0.4) is 0 Å². The number of carbonyl (C=O) groups is 1. The standard InChI is InChI=1S/C45H87N2O7P/c1-6-8-10-12-14-16-18-20-21-22-23-24-25-26-28-30-32-34-36-38-44(49)46-42(41-54-55(51,52)53-40-39-47(3,4)5)45(50)43(48)37-35-33-31-29-27-19-17-15-13-11-9-7-2/h14,16,20-21,29,31,42-43,45,48,50H,6-13,15,17-19,22-28,30,32-41H2,1-5H3,(H-,46,49,51,52)/b16-14-,21-20-,31-29+. The molecule has 3 N–H and O–H groups in total. The quantitative estimate of drug-likeness (QED) is 0.0244. The van der Waals surface area contributed by atoms with Crippen molar-refractivity contribution in [2.24, 2.45) is 0 Å². The van der Waals surface area contributed by atoms with E-state index >= 15 is 0 Å². The first-order valence-electron chi connectivity index (χ1n) is 22.4. The zero-order chi connectivity index (χ0) is 40.9. The maximum atomic E-state index is 12.9. The predicted octanol–water partition coefficient (Wildman–Crippen LogP) is 10.6. The molecule has 0 heterocycles. The number of carbonyl (C=O) groups excluding carboxylic acids is 1. The number of rotatable bonds is 40. The Morgan fingerprint density at radius 3 is 1.62 bits per heavy atom. The second-order valence-corrected chi connectivity index (χ2v) is 17.9. The van der Waals surface area contributed by atoms with Gasteiger partial charge < -0.3 is 34.0 Å². The van der Waals surface area contributed by atoms with Gasteiger partial charge in [0.25, 0.3) is 7.82 Å². The molecule has 9 nitrogen and oxygen atoms in total. The lowest BCUT2D eigenvalue weighted by Crippen LogP contribution is -2.51. The SMILES string of the molecule is CCCCC/C=C\C/C=C\CCCCCCCCCCCC(=O)NC(COP(=O)([O-])OCC[N+](C)(C)C)C(O)C(O)CCC/C=C/CCCCCCCCC. The predicted molar refractivity (Wildman–Crippen MR) is 230 cm³/mol. The fraction of sp³-hybridized carbons (Fsp3) is 0.844. The van der Waals surface area contributed by atoms with Crippen LogP contribution < -0.4 is 10.2 Å². The van der Waals surface area contributed by atoms with Crippen molar-refractivity contribution in [1.29, 1.82) is 0 Å². The Bertz CT molecular complexity index is 1010. The zero-order valence-electron chi connectivity index (χ0n) is 36.2. The molecule has 0 radical (unpaired) electrons. The third-order valence-electron chi connectivity index (χ3n) is 9.94. The average Bonchev–Trinajstić information content (AvgIpc) is 3.13. The van der Waals surface area contributed by atoms with Gasteiger partial charge in [0.05, 0.1) is 39.9 Å². The number of aliphatic hydroxyl groups is 2. The molecule has 0 saturated heterocycles. The lowest BCUT2D eigenvalue weighted by Gasteiger charge is -2.31. The van der Waals surface area contributed by atoms with Gasteiger partial charge in [-0.3, -0.25) is 9.36 Å². The van der Waals surface area contributed by atoms with Crippen molar-refractivity contribution in [1.82, 2.24) is 5.32 Å². The number of allylic oxidation sites excluding steroid dienone is 6. The molecule has 0 aromatic rings.